The van der Waals surface area contributed by atoms with E-state index in [2.05, 4.69) is 57.1 Å². The molecule has 1 aromatic heterocycles. The van der Waals surface area contributed by atoms with E-state index in [0.717, 1.165) is 22.2 Å². The number of benzene rings is 2. The molecule has 0 spiro atoms. The molecule has 0 aliphatic heterocycles. The Kier molecular flexibility index (Phi) is 3.54. The van der Waals surface area contributed by atoms with Gasteiger partial charge in [-0.3, -0.25) is 0 Å². The number of para-hydroxylation sites is 1. The van der Waals surface area contributed by atoms with Crippen molar-refractivity contribution < 1.29 is 4.52 Å². The fraction of sp³-hybridized carbons (Fsp3) is 0.316. The van der Waals surface area contributed by atoms with E-state index in [1.165, 1.54) is 11.1 Å². The van der Waals surface area contributed by atoms with E-state index in [4.69, 9.17) is 4.52 Å². The van der Waals surface area contributed by atoms with Crippen molar-refractivity contribution in [2.75, 3.05) is 0 Å². The molecule has 2 aromatic carbocycles. The maximum Gasteiger partial charge on any atom is 0.167 e. The van der Waals surface area contributed by atoms with E-state index in [1.54, 1.807) is 0 Å². The van der Waals surface area contributed by atoms with Crippen LogP contribution in [-0.4, -0.2) is 5.16 Å². The van der Waals surface area contributed by atoms with Crippen LogP contribution in [-0.2, 0) is 0 Å². The zero-order valence-electron chi connectivity index (χ0n) is 13.1. The van der Waals surface area contributed by atoms with Crippen LogP contribution in [0.2, 0.25) is 0 Å². The average molecular weight is 279 g/mol. The predicted molar refractivity (Wildman–Crippen MR) is 87.6 cm³/mol. The molecule has 2 nitrogen and oxygen atoms in total. The second-order valence-corrected chi connectivity index (χ2v) is 6.23. The SMILES string of the molecule is CC(C)c1cc(-c2noc3ccccc23)cc(C(C)C)c1. The quantitative estimate of drug-likeness (QED) is 0.611. The Balaban J connectivity index is 2.21. The highest BCUT2D eigenvalue weighted by atomic mass is 16.5. The van der Waals surface area contributed by atoms with Gasteiger partial charge in [-0.05, 0) is 47.2 Å². The summed E-state index contributed by atoms with van der Waals surface area (Å²) in [6.45, 7) is 8.91. The minimum Gasteiger partial charge on any atom is -0.356 e. The summed E-state index contributed by atoms with van der Waals surface area (Å²) in [4.78, 5) is 0. The van der Waals surface area contributed by atoms with E-state index < -0.39 is 0 Å². The maximum absolute atomic E-state index is 5.45. The molecule has 21 heavy (non-hydrogen) atoms. The van der Waals surface area contributed by atoms with Crippen molar-refractivity contribution in [3.63, 3.8) is 0 Å². The Hall–Kier alpha value is -2.09. The molecule has 3 rings (SSSR count). The van der Waals surface area contributed by atoms with E-state index >= 15 is 0 Å². The van der Waals surface area contributed by atoms with E-state index in [-0.39, 0.29) is 0 Å². The van der Waals surface area contributed by atoms with Gasteiger partial charge in [0.2, 0.25) is 0 Å². The number of hydrogen-bond donors (Lipinski definition) is 0. The fourth-order valence-electron chi connectivity index (χ4n) is 2.57. The lowest BCUT2D eigenvalue weighted by Gasteiger charge is -2.13. The van der Waals surface area contributed by atoms with Crippen LogP contribution in [0.5, 0.6) is 0 Å². The zero-order chi connectivity index (χ0) is 15.0. The third kappa shape index (κ3) is 2.58. The van der Waals surface area contributed by atoms with E-state index in [0.29, 0.717) is 11.8 Å². The van der Waals surface area contributed by atoms with Crippen LogP contribution < -0.4 is 0 Å². The normalized spacial score (nSPS) is 11.7. The molecule has 0 aliphatic carbocycles. The van der Waals surface area contributed by atoms with E-state index in [9.17, 15) is 0 Å². The predicted octanol–water partition coefficient (Wildman–Crippen LogP) is 5.74. The van der Waals surface area contributed by atoms with Gasteiger partial charge in [0, 0.05) is 10.9 Å². The largest absolute Gasteiger partial charge is 0.356 e. The number of nitrogens with zero attached hydrogens (tertiary/aromatic N) is 1. The highest BCUT2D eigenvalue weighted by Crippen LogP contribution is 2.32. The van der Waals surface area contributed by atoms with Crippen LogP contribution in [0.25, 0.3) is 22.2 Å². The summed E-state index contributed by atoms with van der Waals surface area (Å²) in [7, 11) is 0. The summed E-state index contributed by atoms with van der Waals surface area (Å²) >= 11 is 0. The highest BCUT2D eigenvalue weighted by molar-refractivity contribution is 5.91. The van der Waals surface area contributed by atoms with Gasteiger partial charge in [0.25, 0.3) is 0 Å². The molecule has 0 saturated heterocycles. The topological polar surface area (TPSA) is 26.0 Å². The zero-order valence-corrected chi connectivity index (χ0v) is 13.1. The van der Waals surface area contributed by atoms with Gasteiger partial charge in [0.05, 0.1) is 0 Å². The summed E-state index contributed by atoms with van der Waals surface area (Å²) in [5.41, 5.74) is 5.63. The number of fused-ring (bicyclic) bond motifs is 1. The first kappa shape index (κ1) is 13.9. The lowest BCUT2D eigenvalue weighted by atomic mass is 9.92. The molecule has 0 radical (unpaired) electrons. The van der Waals surface area contributed by atoms with E-state index in [1.807, 2.05) is 18.2 Å². The van der Waals surface area contributed by atoms with Crippen LogP contribution in [0, 0.1) is 0 Å². The first-order valence-corrected chi connectivity index (χ1v) is 7.56. The van der Waals surface area contributed by atoms with Crippen molar-refractivity contribution in [1.82, 2.24) is 5.16 Å². The molecule has 0 N–H and O–H groups in total. The molecule has 0 amide bonds. The average Bonchev–Trinajstić information content (AvgIpc) is 2.90. The summed E-state index contributed by atoms with van der Waals surface area (Å²) in [6.07, 6.45) is 0. The van der Waals surface area contributed by atoms with Crippen molar-refractivity contribution in [3.05, 3.63) is 53.6 Å². The second-order valence-electron chi connectivity index (χ2n) is 6.23. The number of aromatic nitrogens is 1. The summed E-state index contributed by atoms with van der Waals surface area (Å²) in [5.74, 6) is 1.00. The van der Waals surface area contributed by atoms with Gasteiger partial charge in [0.15, 0.2) is 5.58 Å². The molecular formula is C19H21NO. The maximum atomic E-state index is 5.45. The molecule has 0 aliphatic rings. The third-order valence-electron chi connectivity index (χ3n) is 3.96. The molecule has 2 heteroatoms. The van der Waals surface area contributed by atoms with Crippen molar-refractivity contribution in [2.24, 2.45) is 0 Å². The fourth-order valence-corrected chi connectivity index (χ4v) is 2.57. The lowest BCUT2D eigenvalue weighted by molar-refractivity contribution is 0.459. The molecule has 0 saturated carbocycles. The molecular weight excluding hydrogens is 258 g/mol. The van der Waals surface area contributed by atoms with Gasteiger partial charge in [-0.15, -0.1) is 0 Å². The van der Waals surface area contributed by atoms with Crippen LogP contribution in [0.4, 0.5) is 0 Å². The minimum absolute atomic E-state index is 0.501. The Morgan fingerprint density at radius 3 is 2.10 bits per heavy atom. The van der Waals surface area contributed by atoms with Crippen molar-refractivity contribution in [2.45, 2.75) is 39.5 Å². The molecule has 0 atom stereocenters. The molecule has 3 aromatic rings. The highest BCUT2D eigenvalue weighted by Gasteiger charge is 2.13. The molecule has 0 unspecified atom stereocenters. The second kappa shape index (κ2) is 5.36. The molecule has 0 fully saturated rings. The number of hydrogen-bond acceptors (Lipinski definition) is 2. The van der Waals surface area contributed by atoms with Crippen molar-refractivity contribution in [3.8, 4) is 11.3 Å². The number of rotatable bonds is 3. The summed E-state index contributed by atoms with van der Waals surface area (Å²) in [5, 5.41) is 5.37. The molecule has 0 bridgehead atoms. The third-order valence-corrected chi connectivity index (χ3v) is 3.96. The standard InChI is InChI=1S/C19H21NO/c1-12(2)14-9-15(13(3)4)11-16(10-14)19-17-7-5-6-8-18(17)21-20-19/h5-13H,1-4H3. The van der Waals surface area contributed by atoms with Gasteiger partial charge in [0.1, 0.15) is 5.69 Å². The van der Waals surface area contributed by atoms with Crippen LogP contribution >= 0.6 is 0 Å². The Morgan fingerprint density at radius 2 is 1.48 bits per heavy atom. The molecule has 108 valence electrons. The Bertz CT molecular complexity index is 742. The van der Waals surface area contributed by atoms with Gasteiger partial charge < -0.3 is 4.52 Å². The van der Waals surface area contributed by atoms with Crippen LogP contribution in [0.1, 0.15) is 50.7 Å². The Morgan fingerprint density at radius 1 is 0.857 bits per heavy atom. The smallest absolute Gasteiger partial charge is 0.167 e. The monoisotopic (exact) mass is 279 g/mol. The van der Waals surface area contributed by atoms with Gasteiger partial charge in [-0.25, -0.2) is 0 Å². The van der Waals surface area contributed by atoms with Gasteiger partial charge in [-0.1, -0.05) is 51.1 Å². The van der Waals surface area contributed by atoms with Crippen molar-refractivity contribution in [1.29, 1.82) is 0 Å². The Labute approximate surface area is 125 Å². The first-order chi connectivity index (χ1) is 10.1. The van der Waals surface area contributed by atoms with Gasteiger partial charge >= 0.3 is 0 Å². The van der Waals surface area contributed by atoms with Gasteiger partial charge in [-0.2, -0.15) is 0 Å². The van der Waals surface area contributed by atoms with Crippen molar-refractivity contribution >= 4 is 11.0 Å². The summed E-state index contributed by atoms with van der Waals surface area (Å²) in [6, 6.07) is 14.8. The van der Waals surface area contributed by atoms with Crippen LogP contribution in [0.3, 0.4) is 0 Å². The first-order valence-electron chi connectivity index (χ1n) is 7.56. The molecule has 1 heterocycles. The minimum atomic E-state index is 0.501. The lowest BCUT2D eigenvalue weighted by Crippen LogP contribution is -1.95. The summed E-state index contributed by atoms with van der Waals surface area (Å²) < 4.78 is 5.45. The van der Waals surface area contributed by atoms with Crippen LogP contribution in [0.15, 0.2) is 47.0 Å².